The molecule has 0 bridgehead atoms. The number of aromatic nitrogens is 4. The summed E-state index contributed by atoms with van der Waals surface area (Å²) in [7, 11) is 0. The first kappa shape index (κ1) is 20.3. The maximum atomic E-state index is 13.3. The van der Waals surface area contributed by atoms with Crippen LogP contribution >= 0.6 is 11.5 Å². The zero-order valence-corrected chi connectivity index (χ0v) is 18.0. The van der Waals surface area contributed by atoms with Crippen LogP contribution in [0.1, 0.15) is 60.3 Å². The molecule has 0 radical (unpaired) electrons. The minimum absolute atomic E-state index is 0.00470. The number of nitrogens with zero attached hydrogens (tertiary/aromatic N) is 5. The van der Waals surface area contributed by atoms with Crippen LogP contribution in [-0.4, -0.2) is 42.0 Å². The number of aryl methyl sites for hydroxylation is 1. The van der Waals surface area contributed by atoms with Gasteiger partial charge >= 0.3 is 0 Å². The molecule has 1 amide bonds. The fourth-order valence-electron chi connectivity index (χ4n) is 3.80. The minimum Gasteiger partial charge on any atom is -0.329 e. The Bertz CT molecular complexity index is 1120. The van der Waals surface area contributed by atoms with Crippen LogP contribution in [0.15, 0.2) is 24.3 Å². The van der Waals surface area contributed by atoms with Gasteiger partial charge in [-0.25, -0.2) is 14.4 Å². The van der Waals surface area contributed by atoms with Gasteiger partial charge in [-0.05, 0) is 63.5 Å². The molecule has 30 heavy (non-hydrogen) atoms. The van der Waals surface area contributed by atoms with E-state index in [0.717, 1.165) is 5.69 Å². The fourth-order valence-corrected chi connectivity index (χ4v) is 4.47. The molecule has 1 aliphatic rings. The summed E-state index contributed by atoms with van der Waals surface area (Å²) in [6.07, 6.45) is 0. The van der Waals surface area contributed by atoms with E-state index in [1.165, 1.54) is 35.8 Å². The second-order valence-corrected chi connectivity index (χ2v) is 8.27. The largest absolute Gasteiger partial charge is 0.329 e. The van der Waals surface area contributed by atoms with Gasteiger partial charge in [0.2, 0.25) is 0 Å². The summed E-state index contributed by atoms with van der Waals surface area (Å²) in [5.41, 5.74) is 1.93. The lowest BCUT2D eigenvalue weighted by atomic mass is 9.97. The lowest BCUT2D eigenvalue weighted by Crippen LogP contribution is -2.41. The van der Waals surface area contributed by atoms with Crippen molar-refractivity contribution in [3.05, 3.63) is 52.9 Å². The maximum Gasteiger partial charge on any atom is 0.254 e. The normalized spacial score (nSPS) is 17.0. The molecule has 4 rings (SSSR count). The van der Waals surface area contributed by atoms with Crippen molar-refractivity contribution in [1.29, 1.82) is 0 Å². The first-order valence-corrected chi connectivity index (χ1v) is 10.5. The van der Waals surface area contributed by atoms with E-state index in [4.69, 9.17) is 4.98 Å². The van der Waals surface area contributed by atoms with Gasteiger partial charge in [0.15, 0.2) is 10.8 Å². The van der Waals surface area contributed by atoms with Crippen LogP contribution in [0.3, 0.4) is 0 Å². The smallest absolute Gasteiger partial charge is 0.254 e. The van der Waals surface area contributed by atoms with Gasteiger partial charge in [0, 0.05) is 18.7 Å². The van der Waals surface area contributed by atoms with Crippen molar-refractivity contribution in [2.75, 3.05) is 6.54 Å². The van der Waals surface area contributed by atoms with Crippen molar-refractivity contribution < 1.29 is 14.0 Å². The Morgan fingerprint density at radius 2 is 1.90 bits per heavy atom. The number of hydrogen-bond acceptors (Lipinski definition) is 6. The molecule has 1 aliphatic heterocycles. The number of halogens is 1. The Kier molecular flexibility index (Phi) is 5.23. The van der Waals surface area contributed by atoms with Gasteiger partial charge in [0.25, 0.3) is 5.91 Å². The highest BCUT2D eigenvalue weighted by molar-refractivity contribution is 7.09. The Balaban J connectivity index is 1.78. The molecule has 0 saturated heterocycles. The number of hydrogen-bond donors (Lipinski definition) is 0. The van der Waals surface area contributed by atoms with E-state index < -0.39 is 5.92 Å². The lowest BCUT2D eigenvalue weighted by Gasteiger charge is -2.36. The van der Waals surface area contributed by atoms with Crippen LogP contribution in [0, 0.1) is 12.7 Å². The molecular formula is C21H22FN5O2S. The van der Waals surface area contributed by atoms with E-state index in [9.17, 15) is 14.0 Å². The summed E-state index contributed by atoms with van der Waals surface area (Å²) >= 11 is 1.27. The number of rotatable bonds is 4. The summed E-state index contributed by atoms with van der Waals surface area (Å²) in [6, 6.07) is 5.25. The van der Waals surface area contributed by atoms with Crippen LogP contribution in [0.2, 0.25) is 0 Å². The van der Waals surface area contributed by atoms with Crippen LogP contribution < -0.4 is 0 Å². The summed E-state index contributed by atoms with van der Waals surface area (Å²) < 4.78 is 19.6. The van der Waals surface area contributed by atoms with Crippen molar-refractivity contribution >= 4 is 23.2 Å². The first-order valence-electron chi connectivity index (χ1n) is 9.76. The van der Waals surface area contributed by atoms with Gasteiger partial charge < -0.3 is 9.47 Å². The molecule has 3 heterocycles. The average Bonchev–Trinajstić information content (AvgIpc) is 3.31. The molecule has 0 spiro atoms. The molecule has 0 fully saturated rings. The zero-order valence-electron chi connectivity index (χ0n) is 17.2. The molecule has 0 aliphatic carbocycles. The van der Waals surface area contributed by atoms with Crippen LogP contribution in [-0.2, 0) is 11.3 Å². The Morgan fingerprint density at radius 3 is 2.50 bits per heavy atom. The van der Waals surface area contributed by atoms with E-state index in [1.54, 1.807) is 11.8 Å². The summed E-state index contributed by atoms with van der Waals surface area (Å²) in [6.45, 7) is 8.12. The summed E-state index contributed by atoms with van der Waals surface area (Å²) in [4.78, 5) is 36.3. The minimum atomic E-state index is -0.405. The predicted octanol–water partition coefficient (Wildman–Crippen LogP) is 3.76. The van der Waals surface area contributed by atoms with Gasteiger partial charge in [0.1, 0.15) is 17.4 Å². The second kappa shape index (κ2) is 7.71. The molecule has 0 saturated carbocycles. The number of benzene rings is 1. The molecular weight excluding hydrogens is 405 g/mol. The van der Waals surface area contributed by atoms with Gasteiger partial charge in [0.05, 0.1) is 23.3 Å². The lowest BCUT2D eigenvalue weighted by molar-refractivity contribution is -0.118. The van der Waals surface area contributed by atoms with Crippen LogP contribution in [0.4, 0.5) is 4.39 Å². The monoisotopic (exact) mass is 427 g/mol. The van der Waals surface area contributed by atoms with E-state index in [-0.39, 0.29) is 23.5 Å². The number of fused-ring (bicyclic) bond motifs is 1. The van der Waals surface area contributed by atoms with Crippen LogP contribution in [0.5, 0.6) is 0 Å². The Morgan fingerprint density at radius 1 is 1.20 bits per heavy atom. The molecule has 0 N–H and O–H groups in total. The zero-order chi connectivity index (χ0) is 21.6. The van der Waals surface area contributed by atoms with Crippen LogP contribution in [0.25, 0.3) is 10.8 Å². The number of carbonyl (C=O) groups is 2. The number of amides is 1. The van der Waals surface area contributed by atoms with Crippen molar-refractivity contribution in [3.8, 4) is 10.8 Å². The molecule has 2 atom stereocenters. The third-order valence-electron chi connectivity index (χ3n) is 5.55. The van der Waals surface area contributed by atoms with E-state index in [1.807, 2.05) is 25.3 Å². The van der Waals surface area contributed by atoms with Gasteiger partial charge in [-0.3, -0.25) is 9.59 Å². The topological polar surface area (TPSA) is 81.0 Å². The number of imidazole rings is 1. The number of carbonyl (C=O) groups excluding carboxylic acids is 2. The van der Waals surface area contributed by atoms with E-state index in [0.29, 0.717) is 41.0 Å². The molecule has 7 nitrogen and oxygen atoms in total. The second-order valence-electron chi connectivity index (χ2n) is 7.52. The van der Waals surface area contributed by atoms with Gasteiger partial charge in [-0.2, -0.15) is 4.37 Å². The molecule has 3 aromatic rings. The highest BCUT2D eigenvalue weighted by Crippen LogP contribution is 2.37. The van der Waals surface area contributed by atoms with Crippen molar-refractivity contribution in [3.63, 3.8) is 0 Å². The van der Waals surface area contributed by atoms with E-state index in [2.05, 4.69) is 9.36 Å². The molecule has 2 unspecified atom stereocenters. The third-order valence-corrected chi connectivity index (χ3v) is 6.36. The number of Topliss-reactive ketones (excluding diaryl/α,β-unsaturated/α-hetero) is 1. The molecule has 9 heteroatoms. The maximum absolute atomic E-state index is 13.3. The summed E-state index contributed by atoms with van der Waals surface area (Å²) in [5.74, 6) is 0.392. The fraction of sp³-hybridized carbons (Fsp3) is 0.381. The van der Waals surface area contributed by atoms with Gasteiger partial charge in [-0.1, -0.05) is 0 Å². The van der Waals surface area contributed by atoms with Crippen molar-refractivity contribution in [2.45, 2.75) is 46.2 Å². The Labute approximate surface area is 177 Å². The van der Waals surface area contributed by atoms with Gasteiger partial charge in [-0.15, -0.1) is 0 Å². The average molecular weight is 428 g/mol. The molecule has 2 aromatic heterocycles. The van der Waals surface area contributed by atoms with Crippen molar-refractivity contribution in [2.24, 2.45) is 0 Å². The third kappa shape index (κ3) is 3.43. The highest BCUT2D eigenvalue weighted by Gasteiger charge is 2.36. The quantitative estimate of drug-likeness (QED) is 0.633. The summed E-state index contributed by atoms with van der Waals surface area (Å²) in [5, 5.41) is 0.696. The predicted molar refractivity (Wildman–Crippen MR) is 111 cm³/mol. The highest BCUT2D eigenvalue weighted by atomic mass is 32.1. The SMILES string of the molecule is CC(=O)C(C)c1nc(-c2nc(C)ns2)n2c1C(C)N(C(=O)c1ccc(F)cc1)CC2. The first-order chi connectivity index (χ1) is 14.3. The standard InChI is InChI=1S/C21H22FN5O2S/c1-11(13(3)28)17-18-12(2)26(21(29)15-5-7-16(22)8-6-15)9-10-27(18)19(24-17)20-23-14(4)25-30-20/h5-8,11-12H,9-10H2,1-4H3. The number of ketones is 1. The Hall–Kier alpha value is -2.94. The molecule has 1 aromatic carbocycles. The van der Waals surface area contributed by atoms with E-state index >= 15 is 0 Å². The van der Waals surface area contributed by atoms with Crippen molar-refractivity contribution in [1.82, 2.24) is 23.8 Å². The molecule has 156 valence electrons.